The molecule has 3 nitrogen and oxygen atoms in total. The Labute approximate surface area is 97.7 Å². The van der Waals surface area contributed by atoms with Crippen LogP contribution in [0.15, 0.2) is 42.5 Å². The van der Waals surface area contributed by atoms with E-state index in [0.29, 0.717) is 10.8 Å². The van der Waals surface area contributed by atoms with Gasteiger partial charge in [0.25, 0.3) is 0 Å². The molecular formula is C14H11NO2. The number of nitrogens with two attached hydrogens (primary N) is 1. The smallest absolute Gasteiger partial charge is 0.150 e. The first-order valence-corrected chi connectivity index (χ1v) is 5.30. The van der Waals surface area contributed by atoms with E-state index in [-0.39, 0.29) is 17.2 Å². The third-order valence-electron chi connectivity index (χ3n) is 3.01. The zero-order chi connectivity index (χ0) is 12.0. The minimum Gasteiger partial charge on any atom is -0.507 e. The lowest BCUT2D eigenvalue weighted by atomic mass is 10.0. The van der Waals surface area contributed by atoms with Crippen molar-refractivity contribution < 1.29 is 10.2 Å². The molecule has 0 bridgehead atoms. The molecule has 0 fully saturated rings. The van der Waals surface area contributed by atoms with Gasteiger partial charge in [0.05, 0.1) is 11.1 Å². The van der Waals surface area contributed by atoms with Crippen LogP contribution in [-0.2, 0) is 0 Å². The van der Waals surface area contributed by atoms with Gasteiger partial charge in [-0.2, -0.15) is 0 Å². The first-order valence-electron chi connectivity index (χ1n) is 5.30. The summed E-state index contributed by atoms with van der Waals surface area (Å²) in [6.45, 7) is 0. The van der Waals surface area contributed by atoms with Crippen molar-refractivity contribution in [2.45, 2.75) is 0 Å². The van der Waals surface area contributed by atoms with Crippen molar-refractivity contribution in [3.8, 4) is 11.5 Å². The summed E-state index contributed by atoms with van der Waals surface area (Å²) in [6.07, 6.45) is 0. The van der Waals surface area contributed by atoms with E-state index < -0.39 is 0 Å². The van der Waals surface area contributed by atoms with Crippen LogP contribution in [-0.4, -0.2) is 10.2 Å². The van der Waals surface area contributed by atoms with E-state index in [1.165, 1.54) is 0 Å². The van der Waals surface area contributed by atoms with E-state index in [1.54, 1.807) is 12.1 Å². The second-order valence-corrected chi connectivity index (χ2v) is 4.05. The van der Waals surface area contributed by atoms with E-state index in [1.807, 2.05) is 30.3 Å². The van der Waals surface area contributed by atoms with Crippen molar-refractivity contribution in [2.24, 2.45) is 0 Å². The minimum atomic E-state index is -0.0641. The lowest BCUT2D eigenvalue weighted by Crippen LogP contribution is -1.87. The second-order valence-electron chi connectivity index (χ2n) is 4.05. The van der Waals surface area contributed by atoms with Crippen LogP contribution in [0.5, 0.6) is 11.5 Å². The number of hydrogen-bond donors (Lipinski definition) is 3. The van der Waals surface area contributed by atoms with Crippen molar-refractivity contribution in [1.29, 1.82) is 0 Å². The van der Waals surface area contributed by atoms with Crippen LogP contribution in [0.2, 0.25) is 0 Å². The standard InChI is InChI=1S/C14H11NO2/c15-11-6-5-9-7-8-3-1-2-4-10(8)13(16)12(9)14(11)17/h1-7,16-17H,15H2. The van der Waals surface area contributed by atoms with Crippen molar-refractivity contribution >= 4 is 27.2 Å². The van der Waals surface area contributed by atoms with Gasteiger partial charge in [0, 0.05) is 5.39 Å². The SMILES string of the molecule is Nc1ccc2cc3ccccc3c(O)c2c1O. The first-order chi connectivity index (χ1) is 8.18. The van der Waals surface area contributed by atoms with Gasteiger partial charge in [-0.25, -0.2) is 0 Å². The molecule has 0 unspecified atom stereocenters. The number of hydrogen-bond acceptors (Lipinski definition) is 3. The molecule has 0 saturated carbocycles. The highest BCUT2D eigenvalue weighted by Gasteiger charge is 2.11. The quantitative estimate of drug-likeness (QED) is 0.313. The molecule has 3 heteroatoms. The van der Waals surface area contributed by atoms with E-state index >= 15 is 0 Å². The molecular weight excluding hydrogens is 214 g/mol. The molecule has 17 heavy (non-hydrogen) atoms. The third kappa shape index (κ3) is 1.29. The van der Waals surface area contributed by atoms with Crippen LogP contribution in [0.25, 0.3) is 21.5 Å². The Morgan fingerprint density at radius 1 is 0.824 bits per heavy atom. The molecule has 0 aliphatic carbocycles. The van der Waals surface area contributed by atoms with Crippen molar-refractivity contribution in [1.82, 2.24) is 0 Å². The fraction of sp³-hybridized carbons (Fsp3) is 0. The van der Waals surface area contributed by atoms with Crippen molar-refractivity contribution in [3.05, 3.63) is 42.5 Å². The van der Waals surface area contributed by atoms with Gasteiger partial charge in [-0.1, -0.05) is 30.3 Å². The largest absolute Gasteiger partial charge is 0.507 e. The van der Waals surface area contributed by atoms with Gasteiger partial charge < -0.3 is 15.9 Å². The average molecular weight is 225 g/mol. The summed E-state index contributed by atoms with van der Waals surface area (Å²) >= 11 is 0. The van der Waals surface area contributed by atoms with Gasteiger partial charge in [0.2, 0.25) is 0 Å². The highest BCUT2D eigenvalue weighted by Crippen LogP contribution is 2.41. The van der Waals surface area contributed by atoms with Gasteiger partial charge in [-0.3, -0.25) is 0 Å². The lowest BCUT2D eigenvalue weighted by Gasteiger charge is -2.09. The monoisotopic (exact) mass is 225 g/mol. The molecule has 0 aliphatic heterocycles. The Morgan fingerprint density at radius 2 is 1.59 bits per heavy atom. The lowest BCUT2D eigenvalue weighted by molar-refractivity contribution is 0.468. The van der Waals surface area contributed by atoms with Crippen LogP contribution < -0.4 is 5.73 Å². The highest BCUT2D eigenvalue weighted by molar-refractivity contribution is 6.08. The molecule has 0 aliphatic rings. The van der Waals surface area contributed by atoms with Crippen molar-refractivity contribution in [2.75, 3.05) is 5.73 Å². The van der Waals surface area contributed by atoms with Crippen LogP contribution >= 0.6 is 0 Å². The van der Waals surface area contributed by atoms with E-state index in [0.717, 1.165) is 10.8 Å². The van der Waals surface area contributed by atoms with E-state index in [9.17, 15) is 10.2 Å². The summed E-state index contributed by atoms with van der Waals surface area (Å²) in [4.78, 5) is 0. The Bertz CT molecular complexity index is 735. The number of aromatic hydroxyl groups is 2. The highest BCUT2D eigenvalue weighted by atomic mass is 16.3. The van der Waals surface area contributed by atoms with E-state index in [2.05, 4.69) is 0 Å². The maximum atomic E-state index is 10.2. The number of nitrogen functional groups attached to an aromatic ring is 1. The minimum absolute atomic E-state index is 0.0641. The fourth-order valence-corrected chi connectivity index (χ4v) is 2.13. The summed E-state index contributed by atoms with van der Waals surface area (Å²) in [5.74, 6) is 0.00801. The number of rotatable bonds is 0. The van der Waals surface area contributed by atoms with E-state index in [4.69, 9.17) is 5.73 Å². The van der Waals surface area contributed by atoms with Crippen LogP contribution in [0.4, 0.5) is 5.69 Å². The third-order valence-corrected chi connectivity index (χ3v) is 3.01. The van der Waals surface area contributed by atoms with Crippen LogP contribution in [0.1, 0.15) is 0 Å². The molecule has 84 valence electrons. The van der Waals surface area contributed by atoms with Gasteiger partial charge in [0.1, 0.15) is 11.5 Å². The number of phenols is 2. The average Bonchev–Trinajstić information content (AvgIpc) is 2.34. The summed E-state index contributed by atoms with van der Waals surface area (Å²) in [5, 5.41) is 22.9. The number of benzene rings is 3. The first kappa shape index (κ1) is 9.78. The van der Waals surface area contributed by atoms with Crippen LogP contribution in [0.3, 0.4) is 0 Å². The van der Waals surface area contributed by atoms with Crippen LogP contribution in [0, 0.1) is 0 Å². The fourth-order valence-electron chi connectivity index (χ4n) is 2.13. The molecule has 0 saturated heterocycles. The normalized spacial score (nSPS) is 11.1. The molecule has 0 radical (unpaired) electrons. The second kappa shape index (κ2) is 3.28. The summed E-state index contributed by atoms with van der Waals surface area (Å²) in [5.41, 5.74) is 5.90. The number of fused-ring (bicyclic) bond motifs is 2. The molecule has 0 heterocycles. The maximum Gasteiger partial charge on any atom is 0.150 e. The molecule has 0 atom stereocenters. The zero-order valence-corrected chi connectivity index (χ0v) is 9.01. The Kier molecular flexibility index (Phi) is 1.89. The number of phenolic OH excluding ortho intramolecular Hbond substituents is 2. The molecule has 0 spiro atoms. The van der Waals surface area contributed by atoms with Gasteiger partial charge in [0.15, 0.2) is 0 Å². The predicted molar refractivity (Wildman–Crippen MR) is 69.2 cm³/mol. The molecule has 0 aromatic heterocycles. The Morgan fingerprint density at radius 3 is 2.41 bits per heavy atom. The topological polar surface area (TPSA) is 66.5 Å². The summed E-state index contributed by atoms with van der Waals surface area (Å²) < 4.78 is 0. The molecule has 3 aromatic rings. The Hall–Kier alpha value is -2.42. The van der Waals surface area contributed by atoms with Crippen molar-refractivity contribution in [3.63, 3.8) is 0 Å². The summed E-state index contributed by atoms with van der Waals surface area (Å²) in [6, 6.07) is 12.8. The van der Waals surface area contributed by atoms with Gasteiger partial charge in [-0.05, 0) is 22.9 Å². The molecule has 0 amide bonds. The van der Waals surface area contributed by atoms with Gasteiger partial charge >= 0.3 is 0 Å². The molecule has 3 rings (SSSR count). The maximum absolute atomic E-state index is 10.2. The van der Waals surface area contributed by atoms with Gasteiger partial charge in [-0.15, -0.1) is 0 Å². The Balaban J connectivity index is 2.60. The molecule has 3 aromatic carbocycles. The molecule has 4 N–H and O–H groups in total. The summed E-state index contributed by atoms with van der Waals surface area (Å²) in [7, 11) is 0. The zero-order valence-electron chi connectivity index (χ0n) is 9.01. The number of anilines is 1. The predicted octanol–water partition coefficient (Wildman–Crippen LogP) is 2.99.